The quantitative estimate of drug-likeness (QED) is 0.604. The third-order valence-corrected chi connectivity index (χ3v) is 5.01. The molecule has 29 heavy (non-hydrogen) atoms. The second kappa shape index (κ2) is 8.43. The number of nitrogens with one attached hydrogen (secondary N) is 2. The molecule has 6 heteroatoms. The van der Waals surface area contributed by atoms with Crippen molar-refractivity contribution in [1.29, 1.82) is 0 Å². The maximum Gasteiger partial charge on any atom is 0.257 e. The van der Waals surface area contributed by atoms with Crippen molar-refractivity contribution in [2.75, 3.05) is 37.9 Å². The van der Waals surface area contributed by atoms with Crippen LogP contribution in [0, 0.1) is 0 Å². The van der Waals surface area contributed by atoms with Gasteiger partial charge < -0.3 is 15.4 Å². The van der Waals surface area contributed by atoms with Crippen LogP contribution < -0.4 is 10.6 Å². The maximum atomic E-state index is 12.5. The van der Waals surface area contributed by atoms with Gasteiger partial charge in [-0.1, -0.05) is 18.2 Å². The van der Waals surface area contributed by atoms with Gasteiger partial charge in [-0.3, -0.25) is 14.7 Å². The van der Waals surface area contributed by atoms with Crippen molar-refractivity contribution in [2.45, 2.75) is 6.54 Å². The lowest BCUT2D eigenvalue weighted by Gasteiger charge is -2.16. The summed E-state index contributed by atoms with van der Waals surface area (Å²) in [6.45, 7) is 2.47. The molecule has 1 aromatic heterocycles. The summed E-state index contributed by atoms with van der Waals surface area (Å²) in [5.41, 5.74) is 5.35. The number of pyridine rings is 1. The summed E-state index contributed by atoms with van der Waals surface area (Å²) in [6, 6.07) is 15.9. The van der Waals surface area contributed by atoms with Gasteiger partial charge in [-0.15, -0.1) is 0 Å². The molecular formula is C23H24N4O2. The first-order chi connectivity index (χ1) is 14.2. The highest BCUT2D eigenvalue weighted by Gasteiger charge is 2.26. The number of hydrogen-bond donors (Lipinski definition) is 2. The number of carbonyl (C=O) groups excluding carboxylic acids is 1. The fourth-order valence-electron chi connectivity index (χ4n) is 3.49. The molecular weight excluding hydrogens is 364 g/mol. The Kier molecular flexibility index (Phi) is 5.55. The average Bonchev–Trinajstić information content (AvgIpc) is 3.07. The van der Waals surface area contributed by atoms with E-state index in [1.54, 1.807) is 19.5 Å². The van der Waals surface area contributed by atoms with E-state index in [2.05, 4.69) is 39.7 Å². The van der Waals surface area contributed by atoms with Crippen LogP contribution >= 0.6 is 0 Å². The number of nitrogens with zero attached hydrogens (tertiary/aromatic N) is 2. The normalized spacial score (nSPS) is 14.4. The Hall–Kier alpha value is -3.22. The van der Waals surface area contributed by atoms with Crippen molar-refractivity contribution in [2.24, 2.45) is 0 Å². The third-order valence-electron chi connectivity index (χ3n) is 5.01. The number of amides is 1. The summed E-state index contributed by atoms with van der Waals surface area (Å²) in [4.78, 5) is 19.1. The second-order valence-electron chi connectivity index (χ2n) is 7.14. The van der Waals surface area contributed by atoms with Gasteiger partial charge >= 0.3 is 0 Å². The molecule has 0 saturated carbocycles. The van der Waals surface area contributed by atoms with Crippen molar-refractivity contribution < 1.29 is 9.53 Å². The first-order valence-electron chi connectivity index (χ1n) is 9.58. The Morgan fingerprint density at radius 1 is 1.17 bits per heavy atom. The van der Waals surface area contributed by atoms with Gasteiger partial charge in [0, 0.05) is 54.9 Å². The van der Waals surface area contributed by atoms with Crippen molar-refractivity contribution >= 4 is 33.8 Å². The zero-order chi connectivity index (χ0) is 20.2. The molecule has 0 atom stereocenters. The number of aromatic nitrogens is 1. The van der Waals surface area contributed by atoms with E-state index < -0.39 is 0 Å². The zero-order valence-corrected chi connectivity index (χ0v) is 16.6. The molecule has 0 radical (unpaired) electrons. The largest absolute Gasteiger partial charge is 0.383 e. The number of rotatable bonds is 7. The zero-order valence-electron chi connectivity index (χ0n) is 16.6. The van der Waals surface area contributed by atoms with Crippen LogP contribution in [0.2, 0.25) is 0 Å². The molecule has 148 valence electrons. The Labute approximate surface area is 170 Å². The number of ether oxygens (including phenoxy) is 1. The molecule has 1 amide bonds. The molecule has 1 aliphatic heterocycles. The van der Waals surface area contributed by atoms with Gasteiger partial charge in [-0.2, -0.15) is 0 Å². The van der Waals surface area contributed by atoms with Crippen LogP contribution in [0.4, 0.5) is 11.4 Å². The van der Waals surface area contributed by atoms with Crippen molar-refractivity contribution in [3.8, 4) is 0 Å². The van der Waals surface area contributed by atoms with Gasteiger partial charge in [0.2, 0.25) is 0 Å². The van der Waals surface area contributed by atoms with Crippen LogP contribution in [0.1, 0.15) is 11.1 Å². The van der Waals surface area contributed by atoms with Gasteiger partial charge in [-0.25, -0.2) is 0 Å². The number of methoxy groups -OCH3 is 1. The molecule has 0 spiro atoms. The second-order valence-corrected chi connectivity index (χ2v) is 7.14. The molecule has 0 saturated heterocycles. The molecule has 0 fully saturated rings. The van der Waals surface area contributed by atoms with E-state index in [9.17, 15) is 4.79 Å². The summed E-state index contributed by atoms with van der Waals surface area (Å²) in [5.74, 6) is -0.111. The van der Waals surface area contributed by atoms with Crippen LogP contribution in [0.15, 0.2) is 60.9 Å². The Balaban J connectivity index is 1.52. The lowest BCUT2D eigenvalue weighted by atomic mass is 10.0. The number of benzene rings is 2. The minimum Gasteiger partial charge on any atom is -0.383 e. The van der Waals surface area contributed by atoms with Crippen molar-refractivity contribution in [1.82, 2.24) is 9.88 Å². The van der Waals surface area contributed by atoms with Crippen LogP contribution in [-0.4, -0.2) is 43.1 Å². The van der Waals surface area contributed by atoms with E-state index in [1.165, 1.54) is 5.56 Å². The molecule has 0 unspecified atom stereocenters. The Morgan fingerprint density at radius 3 is 2.79 bits per heavy atom. The molecule has 0 aliphatic carbocycles. The van der Waals surface area contributed by atoms with E-state index in [4.69, 9.17) is 4.74 Å². The Morgan fingerprint density at radius 2 is 2.00 bits per heavy atom. The van der Waals surface area contributed by atoms with Crippen LogP contribution in [0.25, 0.3) is 16.5 Å². The minimum atomic E-state index is -0.111. The summed E-state index contributed by atoms with van der Waals surface area (Å²) < 4.78 is 5.12. The smallest absolute Gasteiger partial charge is 0.257 e. The lowest BCUT2D eigenvalue weighted by Crippen LogP contribution is -2.22. The summed E-state index contributed by atoms with van der Waals surface area (Å²) >= 11 is 0. The number of fused-ring (bicyclic) bond motifs is 3. The topological polar surface area (TPSA) is 66.5 Å². The highest BCUT2D eigenvalue weighted by Crippen LogP contribution is 2.37. The number of anilines is 2. The highest BCUT2D eigenvalue weighted by molar-refractivity contribution is 6.34. The van der Waals surface area contributed by atoms with Crippen LogP contribution in [0.5, 0.6) is 0 Å². The van der Waals surface area contributed by atoms with E-state index in [1.807, 2.05) is 36.4 Å². The molecule has 0 bridgehead atoms. The number of carbonyl (C=O) groups is 1. The van der Waals surface area contributed by atoms with E-state index in [0.29, 0.717) is 5.57 Å². The van der Waals surface area contributed by atoms with Gasteiger partial charge in [0.25, 0.3) is 5.91 Å². The van der Waals surface area contributed by atoms with Gasteiger partial charge in [-0.05, 0) is 42.9 Å². The van der Waals surface area contributed by atoms with Gasteiger partial charge in [0.05, 0.1) is 17.7 Å². The van der Waals surface area contributed by atoms with E-state index in [0.717, 1.165) is 47.5 Å². The highest BCUT2D eigenvalue weighted by atomic mass is 16.5. The third kappa shape index (κ3) is 4.13. The summed E-state index contributed by atoms with van der Waals surface area (Å²) in [7, 11) is 3.79. The summed E-state index contributed by atoms with van der Waals surface area (Å²) in [6.07, 6.45) is 3.53. The monoisotopic (exact) mass is 388 g/mol. The van der Waals surface area contributed by atoms with E-state index >= 15 is 0 Å². The van der Waals surface area contributed by atoms with Crippen LogP contribution in [0.3, 0.4) is 0 Å². The molecule has 2 N–H and O–H groups in total. The number of likely N-dealkylation sites (N-methyl/N-ethyl adjacent to an activating group) is 1. The molecule has 2 heterocycles. The standard InChI is InChI=1S/C23H24N4O2/c1-27(12-13-29-2)15-16-5-7-17(8-6-16)25-14-19-22-18-4-3-11-24-20(18)9-10-21(22)26-23(19)28/h3-11,14,25H,12-13,15H2,1-2H3,(H,26,28)/b19-14-. The van der Waals surface area contributed by atoms with Crippen molar-refractivity contribution in [3.05, 3.63) is 72.1 Å². The molecule has 6 nitrogen and oxygen atoms in total. The van der Waals surface area contributed by atoms with E-state index in [-0.39, 0.29) is 5.91 Å². The predicted octanol–water partition coefficient (Wildman–Crippen LogP) is 3.72. The first-order valence-corrected chi connectivity index (χ1v) is 9.58. The van der Waals surface area contributed by atoms with Gasteiger partial charge in [0.15, 0.2) is 0 Å². The maximum absolute atomic E-state index is 12.5. The molecule has 4 rings (SSSR count). The molecule has 2 aromatic carbocycles. The average molecular weight is 388 g/mol. The first kappa shape index (κ1) is 19.1. The SMILES string of the molecule is COCCN(C)Cc1ccc(N/C=C2\C(=O)Nc3ccc4ncccc4c32)cc1. The number of hydrogen-bond acceptors (Lipinski definition) is 5. The fraction of sp³-hybridized carbons (Fsp3) is 0.217. The van der Waals surface area contributed by atoms with Gasteiger partial charge in [0.1, 0.15) is 0 Å². The predicted molar refractivity (Wildman–Crippen MR) is 117 cm³/mol. The van der Waals surface area contributed by atoms with Crippen molar-refractivity contribution in [3.63, 3.8) is 0 Å². The fourth-order valence-corrected chi connectivity index (χ4v) is 3.49. The molecule has 1 aliphatic rings. The van der Waals surface area contributed by atoms with Crippen LogP contribution in [-0.2, 0) is 16.1 Å². The minimum absolute atomic E-state index is 0.111. The molecule has 3 aromatic rings. The summed E-state index contributed by atoms with van der Waals surface area (Å²) in [5, 5.41) is 7.16. The lowest BCUT2D eigenvalue weighted by molar-refractivity contribution is -0.110. The Bertz CT molecular complexity index is 1060.